The minimum absolute atomic E-state index is 0.111. The summed E-state index contributed by atoms with van der Waals surface area (Å²) in [7, 11) is 6.36. The summed E-state index contributed by atoms with van der Waals surface area (Å²) in [4.78, 5) is 5.88. The second-order valence-corrected chi connectivity index (χ2v) is 6.29. The first kappa shape index (κ1) is 14.5. The molecule has 21 heavy (non-hydrogen) atoms. The molecule has 0 bridgehead atoms. The number of rotatable bonds is 4. The fourth-order valence-corrected chi connectivity index (χ4v) is 3.28. The third kappa shape index (κ3) is 2.83. The van der Waals surface area contributed by atoms with Crippen LogP contribution in [0.3, 0.4) is 0 Å². The Balaban J connectivity index is 1.90. The Hall–Kier alpha value is -1.39. The molecule has 1 aliphatic heterocycles. The van der Waals surface area contributed by atoms with Gasteiger partial charge in [0.15, 0.2) is 0 Å². The summed E-state index contributed by atoms with van der Waals surface area (Å²) in [6, 6.07) is 6.15. The first-order chi connectivity index (χ1) is 10.1. The number of H-pyrrole nitrogens is 1. The van der Waals surface area contributed by atoms with Gasteiger partial charge < -0.3 is 19.4 Å². The number of morpholine rings is 1. The zero-order valence-corrected chi connectivity index (χ0v) is 13.1. The van der Waals surface area contributed by atoms with Crippen molar-refractivity contribution >= 4 is 26.6 Å². The van der Waals surface area contributed by atoms with E-state index in [-0.39, 0.29) is 5.34 Å². The van der Waals surface area contributed by atoms with Crippen LogP contribution in [0.25, 0.3) is 10.9 Å². The van der Waals surface area contributed by atoms with Crippen LogP contribution in [-0.2, 0) is 11.2 Å². The summed E-state index contributed by atoms with van der Waals surface area (Å²) in [5, 5.41) is 1.32. The Morgan fingerprint density at radius 2 is 2.10 bits per heavy atom. The second-order valence-electron chi connectivity index (χ2n) is 6.29. The quantitative estimate of drug-likeness (QED) is 0.801. The van der Waals surface area contributed by atoms with E-state index in [1.54, 1.807) is 7.11 Å². The summed E-state index contributed by atoms with van der Waals surface area (Å²) in [5.74, 6) is 0.946. The summed E-state index contributed by atoms with van der Waals surface area (Å²) >= 11 is 0. The number of hydrogen-bond donors (Lipinski definition) is 1. The fraction of sp³-hybridized carbons (Fsp3) is 0.467. The van der Waals surface area contributed by atoms with Gasteiger partial charge in [-0.2, -0.15) is 0 Å². The van der Waals surface area contributed by atoms with Gasteiger partial charge in [0.2, 0.25) is 0 Å². The molecule has 1 N–H and O–H groups in total. The highest BCUT2D eigenvalue weighted by Gasteiger charge is 2.29. The molecule has 1 aromatic carbocycles. The van der Waals surface area contributed by atoms with Crippen LogP contribution in [0, 0.1) is 0 Å². The van der Waals surface area contributed by atoms with Gasteiger partial charge in [-0.15, -0.1) is 0 Å². The first-order valence-electron chi connectivity index (χ1n) is 7.57. The number of benzene rings is 1. The molecule has 1 aromatic heterocycles. The maximum Gasteiger partial charge on any atom is 0.128 e. The Bertz CT molecular complexity index is 621. The number of ether oxygens (including phenoxy) is 2. The average molecular weight is 284 g/mol. The Labute approximate surface area is 127 Å². The van der Waals surface area contributed by atoms with E-state index in [0.29, 0.717) is 0 Å². The van der Waals surface area contributed by atoms with Crippen LogP contribution in [-0.4, -0.2) is 64.3 Å². The molecular formula is C15H22B2N2O2. The van der Waals surface area contributed by atoms with Crippen LogP contribution in [0.15, 0.2) is 24.4 Å². The van der Waals surface area contributed by atoms with Crippen molar-refractivity contribution in [3.8, 4) is 5.75 Å². The van der Waals surface area contributed by atoms with Gasteiger partial charge in [0.05, 0.1) is 20.3 Å². The average Bonchev–Trinajstić information content (AvgIpc) is 2.91. The van der Waals surface area contributed by atoms with Gasteiger partial charge in [0, 0.05) is 30.2 Å². The molecule has 6 heteroatoms. The number of aromatic nitrogens is 1. The lowest BCUT2D eigenvalue weighted by Crippen LogP contribution is -2.55. The number of nitrogens with one attached hydrogen (secondary N) is 1. The van der Waals surface area contributed by atoms with Gasteiger partial charge in [-0.05, 0) is 29.5 Å². The normalized spacial score (nSPS) is 17.2. The number of methoxy groups -OCH3 is 1. The standard InChI is InChI=1S/C15H22B2N2O2/c1-20-13-4-2-3-12-14(13)11(10-18-12)9-15(16,17)19-5-7-21-8-6-19/h2-4,10,18H,5-9,16-17H2,1H3. The summed E-state index contributed by atoms with van der Waals surface area (Å²) in [6.45, 7) is 3.68. The Morgan fingerprint density at radius 3 is 2.81 bits per heavy atom. The van der Waals surface area contributed by atoms with E-state index in [9.17, 15) is 0 Å². The number of hydrogen-bond acceptors (Lipinski definition) is 3. The topological polar surface area (TPSA) is 37.5 Å². The second kappa shape index (κ2) is 5.78. The molecule has 0 unspecified atom stereocenters. The van der Waals surface area contributed by atoms with E-state index in [4.69, 9.17) is 9.47 Å². The molecule has 1 fully saturated rings. The van der Waals surface area contributed by atoms with Crippen molar-refractivity contribution in [2.24, 2.45) is 0 Å². The molecule has 2 heterocycles. The van der Waals surface area contributed by atoms with Gasteiger partial charge in [-0.1, -0.05) is 6.07 Å². The van der Waals surface area contributed by atoms with Gasteiger partial charge in [-0.25, -0.2) is 0 Å². The maximum atomic E-state index is 5.53. The van der Waals surface area contributed by atoms with Crippen molar-refractivity contribution in [1.29, 1.82) is 0 Å². The smallest absolute Gasteiger partial charge is 0.128 e. The molecule has 0 atom stereocenters. The van der Waals surface area contributed by atoms with Crippen LogP contribution in [0.1, 0.15) is 5.56 Å². The Morgan fingerprint density at radius 1 is 1.33 bits per heavy atom. The SMILES string of the molecule is BC(B)(Cc1c[nH]c2cccc(OC)c12)N1CCOCC1. The van der Waals surface area contributed by atoms with Crippen molar-refractivity contribution in [1.82, 2.24) is 9.88 Å². The van der Waals surface area contributed by atoms with Crippen molar-refractivity contribution in [2.45, 2.75) is 11.8 Å². The largest absolute Gasteiger partial charge is 0.496 e. The molecule has 0 radical (unpaired) electrons. The lowest BCUT2D eigenvalue weighted by Gasteiger charge is -2.41. The fourth-order valence-electron chi connectivity index (χ4n) is 3.28. The van der Waals surface area contributed by atoms with E-state index in [0.717, 1.165) is 44.0 Å². The summed E-state index contributed by atoms with van der Waals surface area (Å²) < 4.78 is 11.0. The van der Waals surface area contributed by atoms with Crippen molar-refractivity contribution in [3.05, 3.63) is 30.0 Å². The summed E-state index contributed by atoms with van der Waals surface area (Å²) in [6.07, 6.45) is 3.11. The lowest BCUT2D eigenvalue weighted by atomic mass is 9.57. The highest BCUT2D eigenvalue weighted by Crippen LogP contribution is 2.31. The van der Waals surface area contributed by atoms with Gasteiger partial charge in [0.1, 0.15) is 21.4 Å². The van der Waals surface area contributed by atoms with Gasteiger partial charge >= 0.3 is 0 Å². The number of nitrogens with zero attached hydrogens (tertiary/aromatic N) is 1. The molecule has 1 aliphatic rings. The molecule has 0 aliphatic carbocycles. The van der Waals surface area contributed by atoms with Gasteiger partial charge in [0.25, 0.3) is 0 Å². The van der Waals surface area contributed by atoms with Crippen molar-refractivity contribution in [3.63, 3.8) is 0 Å². The third-order valence-electron chi connectivity index (χ3n) is 4.46. The van der Waals surface area contributed by atoms with Crippen molar-refractivity contribution in [2.75, 3.05) is 33.4 Å². The predicted octanol–water partition coefficient (Wildman–Crippen LogP) is -0.0288. The molecule has 0 saturated carbocycles. The molecule has 0 amide bonds. The highest BCUT2D eigenvalue weighted by molar-refractivity contribution is 6.40. The van der Waals surface area contributed by atoms with Crippen LogP contribution < -0.4 is 4.74 Å². The summed E-state index contributed by atoms with van der Waals surface area (Å²) in [5.41, 5.74) is 2.46. The van der Waals surface area contributed by atoms with Gasteiger partial charge in [-0.3, -0.25) is 0 Å². The molecule has 0 spiro atoms. The van der Waals surface area contributed by atoms with Crippen molar-refractivity contribution < 1.29 is 9.47 Å². The van der Waals surface area contributed by atoms with E-state index >= 15 is 0 Å². The van der Waals surface area contributed by atoms with E-state index in [1.807, 2.05) is 12.1 Å². The van der Waals surface area contributed by atoms with E-state index in [1.165, 1.54) is 10.9 Å². The molecule has 1 saturated heterocycles. The monoisotopic (exact) mass is 284 g/mol. The minimum Gasteiger partial charge on any atom is -0.496 e. The maximum absolute atomic E-state index is 5.53. The minimum atomic E-state index is 0.111. The number of aromatic amines is 1. The predicted molar refractivity (Wildman–Crippen MR) is 90.8 cm³/mol. The van der Waals surface area contributed by atoms with Crippen LogP contribution in [0.4, 0.5) is 0 Å². The lowest BCUT2D eigenvalue weighted by molar-refractivity contribution is 0.0233. The molecular weight excluding hydrogens is 262 g/mol. The molecule has 2 aromatic rings. The first-order valence-corrected chi connectivity index (χ1v) is 7.57. The molecule has 110 valence electrons. The third-order valence-corrected chi connectivity index (χ3v) is 4.46. The van der Waals surface area contributed by atoms with E-state index in [2.05, 4.69) is 37.8 Å². The van der Waals surface area contributed by atoms with Crippen LogP contribution >= 0.6 is 0 Å². The number of fused-ring (bicyclic) bond motifs is 1. The zero-order chi connectivity index (χ0) is 14.9. The highest BCUT2D eigenvalue weighted by atomic mass is 16.5. The van der Waals surface area contributed by atoms with E-state index < -0.39 is 0 Å². The molecule has 4 nitrogen and oxygen atoms in total. The zero-order valence-electron chi connectivity index (χ0n) is 13.1. The Kier molecular flexibility index (Phi) is 4.00. The van der Waals surface area contributed by atoms with Crippen LogP contribution in [0.2, 0.25) is 0 Å². The molecule has 3 rings (SSSR count). The van der Waals surface area contributed by atoms with Crippen LogP contribution in [0.5, 0.6) is 5.75 Å².